The molecule has 4 rings (SSSR count). The Bertz CT molecular complexity index is 1130. The molecule has 0 unspecified atom stereocenters. The fourth-order valence-corrected chi connectivity index (χ4v) is 3.61. The third-order valence-electron chi connectivity index (χ3n) is 5.36. The van der Waals surface area contributed by atoms with Crippen molar-refractivity contribution in [1.82, 2.24) is 4.90 Å². The van der Waals surface area contributed by atoms with Crippen LogP contribution in [0.5, 0.6) is 0 Å². The van der Waals surface area contributed by atoms with Gasteiger partial charge >= 0.3 is 0 Å². The summed E-state index contributed by atoms with van der Waals surface area (Å²) in [6.07, 6.45) is 1.21. The zero-order chi connectivity index (χ0) is 21.1. The minimum atomic E-state index is -0.524. The van der Waals surface area contributed by atoms with E-state index < -0.39 is 11.7 Å². The first-order valence-electron chi connectivity index (χ1n) is 9.96. The zero-order valence-electron chi connectivity index (χ0n) is 17.1. The van der Waals surface area contributed by atoms with Gasteiger partial charge in [0.2, 0.25) is 0 Å². The Morgan fingerprint density at radius 2 is 1.63 bits per heavy atom. The van der Waals surface area contributed by atoms with Crippen LogP contribution in [0.4, 0.5) is 4.39 Å². The Kier molecular flexibility index (Phi) is 5.57. The van der Waals surface area contributed by atoms with E-state index in [1.165, 1.54) is 22.6 Å². The fourth-order valence-electron chi connectivity index (χ4n) is 3.61. The normalized spacial score (nSPS) is 13.4. The van der Waals surface area contributed by atoms with Gasteiger partial charge in [0.05, 0.1) is 11.3 Å². The molecular formula is C26H23FN2O. The lowest BCUT2D eigenvalue weighted by atomic mass is 9.98. The summed E-state index contributed by atoms with van der Waals surface area (Å²) < 4.78 is 14.1. The van der Waals surface area contributed by atoms with E-state index in [1.54, 1.807) is 19.2 Å². The summed E-state index contributed by atoms with van der Waals surface area (Å²) in [5.41, 5.74) is 5.53. The molecule has 3 aromatic rings. The van der Waals surface area contributed by atoms with Gasteiger partial charge in [-0.1, -0.05) is 72.3 Å². The number of carbonyl (C=O) groups excluding carboxylic acids is 1. The fraction of sp³-hybridized carbons (Fsp3) is 0.154. The van der Waals surface area contributed by atoms with Gasteiger partial charge in [0.15, 0.2) is 0 Å². The minimum absolute atomic E-state index is 0.0519. The van der Waals surface area contributed by atoms with Crippen LogP contribution in [0.2, 0.25) is 0 Å². The van der Waals surface area contributed by atoms with E-state index in [2.05, 4.69) is 43.3 Å². The van der Waals surface area contributed by atoms with Crippen molar-refractivity contribution in [2.75, 3.05) is 7.05 Å². The molecule has 1 aliphatic heterocycles. The molecular weight excluding hydrogens is 375 g/mol. The van der Waals surface area contributed by atoms with Crippen molar-refractivity contribution >= 4 is 17.3 Å². The number of aryl methyl sites for hydroxylation is 1. The molecule has 0 saturated heterocycles. The summed E-state index contributed by atoms with van der Waals surface area (Å²) in [6.45, 7) is 2.06. The molecule has 0 N–H and O–H groups in total. The number of nitrogens with zero attached hydrogens (tertiary/aromatic N) is 2. The van der Waals surface area contributed by atoms with Crippen LogP contribution in [0, 0.1) is 12.7 Å². The van der Waals surface area contributed by atoms with E-state index >= 15 is 0 Å². The second-order valence-electron chi connectivity index (χ2n) is 7.50. The van der Waals surface area contributed by atoms with Gasteiger partial charge in [0.1, 0.15) is 11.7 Å². The summed E-state index contributed by atoms with van der Waals surface area (Å²) >= 11 is 0. The maximum atomic E-state index is 14.1. The van der Waals surface area contributed by atoms with Gasteiger partial charge in [-0.25, -0.2) is 9.38 Å². The lowest BCUT2D eigenvalue weighted by molar-refractivity contribution is 0.0865. The molecule has 1 aliphatic rings. The molecule has 3 nitrogen and oxygen atoms in total. The minimum Gasteiger partial charge on any atom is -0.299 e. The van der Waals surface area contributed by atoms with E-state index in [1.807, 2.05) is 18.2 Å². The van der Waals surface area contributed by atoms with Crippen molar-refractivity contribution in [3.63, 3.8) is 0 Å². The summed E-state index contributed by atoms with van der Waals surface area (Å²) in [5.74, 6) is -0.287. The topological polar surface area (TPSA) is 32.7 Å². The number of amidine groups is 1. The summed E-state index contributed by atoms with van der Waals surface area (Å²) in [4.78, 5) is 19.2. The molecule has 150 valence electrons. The van der Waals surface area contributed by atoms with E-state index in [4.69, 9.17) is 4.99 Å². The number of amides is 1. The number of carbonyl (C=O) groups is 1. The van der Waals surface area contributed by atoms with Crippen molar-refractivity contribution < 1.29 is 9.18 Å². The maximum Gasteiger partial charge on any atom is 0.261 e. The maximum absolute atomic E-state index is 14.1. The highest BCUT2D eigenvalue weighted by atomic mass is 19.1. The summed E-state index contributed by atoms with van der Waals surface area (Å²) in [5, 5.41) is 0. The van der Waals surface area contributed by atoms with Crippen molar-refractivity contribution in [2.24, 2.45) is 4.99 Å². The van der Waals surface area contributed by atoms with Gasteiger partial charge in [-0.3, -0.25) is 9.69 Å². The first-order valence-corrected chi connectivity index (χ1v) is 9.96. The van der Waals surface area contributed by atoms with E-state index in [9.17, 15) is 9.18 Å². The average molecular weight is 398 g/mol. The highest BCUT2D eigenvalue weighted by Gasteiger charge is 2.26. The number of allylic oxidation sites excluding steroid dienone is 1. The van der Waals surface area contributed by atoms with Crippen LogP contribution in [-0.2, 0) is 6.42 Å². The Hall–Kier alpha value is -3.53. The number of rotatable bonds is 4. The monoisotopic (exact) mass is 398 g/mol. The number of hydrogen-bond acceptors (Lipinski definition) is 2. The molecule has 0 atom stereocenters. The van der Waals surface area contributed by atoms with Crippen molar-refractivity contribution in [1.29, 1.82) is 0 Å². The largest absolute Gasteiger partial charge is 0.299 e. The molecule has 0 spiro atoms. The number of benzene rings is 3. The van der Waals surface area contributed by atoms with Crippen LogP contribution >= 0.6 is 0 Å². The van der Waals surface area contributed by atoms with E-state index in [0.29, 0.717) is 18.7 Å². The predicted octanol–water partition coefficient (Wildman–Crippen LogP) is 5.66. The Morgan fingerprint density at radius 1 is 0.967 bits per heavy atom. The standard InChI is InChI=1S/C26H23FN2O/c1-18-12-14-20(15-13-18)22-17-25(28-24(22)16-19-8-4-3-5-9-19)29(2)26(30)21-10-6-7-11-23(21)27/h3-15H,16-17H2,1-2H3. The highest BCUT2D eigenvalue weighted by Crippen LogP contribution is 2.32. The lowest BCUT2D eigenvalue weighted by Gasteiger charge is -2.18. The van der Waals surface area contributed by atoms with Crippen molar-refractivity contribution in [3.8, 4) is 0 Å². The molecule has 1 heterocycles. The number of halogens is 1. The summed E-state index contributed by atoms with van der Waals surface area (Å²) in [6, 6.07) is 24.5. The number of aliphatic imine (C=N–C) groups is 1. The lowest BCUT2D eigenvalue weighted by Crippen LogP contribution is -2.33. The second-order valence-corrected chi connectivity index (χ2v) is 7.50. The Labute approximate surface area is 176 Å². The molecule has 0 bridgehead atoms. The third kappa shape index (κ3) is 4.08. The average Bonchev–Trinajstić information content (AvgIpc) is 3.18. The van der Waals surface area contributed by atoms with Crippen LogP contribution in [0.15, 0.2) is 89.6 Å². The van der Waals surface area contributed by atoms with Crippen LogP contribution in [-0.4, -0.2) is 23.7 Å². The Morgan fingerprint density at radius 3 is 2.33 bits per heavy atom. The second kappa shape index (κ2) is 8.46. The number of hydrogen-bond donors (Lipinski definition) is 0. The first-order chi connectivity index (χ1) is 14.5. The summed E-state index contributed by atoms with van der Waals surface area (Å²) in [7, 11) is 1.66. The van der Waals surface area contributed by atoms with Crippen LogP contribution in [0.1, 0.15) is 33.5 Å². The Balaban J connectivity index is 1.66. The third-order valence-corrected chi connectivity index (χ3v) is 5.36. The zero-order valence-corrected chi connectivity index (χ0v) is 17.1. The molecule has 0 aromatic heterocycles. The molecule has 0 saturated carbocycles. The van der Waals surface area contributed by atoms with Crippen molar-refractivity contribution in [2.45, 2.75) is 19.8 Å². The molecule has 30 heavy (non-hydrogen) atoms. The molecule has 3 aromatic carbocycles. The van der Waals surface area contributed by atoms with E-state index in [-0.39, 0.29) is 5.56 Å². The molecule has 0 fully saturated rings. The van der Waals surface area contributed by atoms with Gasteiger partial charge in [0, 0.05) is 19.9 Å². The highest BCUT2D eigenvalue weighted by molar-refractivity contribution is 6.10. The molecule has 0 radical (unpaired) electrons. The van der Waals surface area contributed by atoms with Crippen molar-refractivity contribution in [3.05, 3.63) is 113 Å². The van der Waals surface area contributed by atoms with Gasteiger partial charge in [0.25, 0.3) is 5.91 Å². The van der Waals surface area contributed by atoms with Gasteiger partial charge in [-0.05, 0) is 35.8 Å². The SMILES string of the molecule is Cc1ccc(C2=C(Cc3ccccc3)N=C(N(C)C(=O)c3ccccc3F)C2)cc1. The molecule has 4 heteroatoms. The van der Waals surface area contributed by atoms with Crippen LogP contribution in [0.3, 0.4) is 0 Å². The van der Waals surface area contributed by atoms with Crippen LogP contribution < -0.4 is 0 Å². The van der Waals surface area contributed by atoms with E-state index in [0.717, 1.165) is 22.4 Å². The van der Waals surface area contributed by atoms with Gasteiger partial charge in [-0.15, -0.1) is 0 Å². The first kappa shape index (κ1) is 19.8. The quantitative estimate of drug-likeness (QED) is 0.558. The smallest absolute Gasteiger partial charge is 0.261 e. The van der Waals surface area contributed by atoms with Crippen LogP contribution in [0.25, 0.3) is 5.57 Å². The van der Waals surface area contributed by atoms with Gasteiger partial charge in [-0.2, -0.15) is 0 Å². The predicted molar refractivity (Wildman–Crippen MR) is 119 cm³/mol. The molecule has 0 aliphatic carbocycles. The van der Waals surface area contributed by atoms with Gasteiger partial charge < -0.3 is 0 Å². The molecule has 1 amide bonds.